The monoisotopic (exact) mass is 620 g/mol. The van der Waals surface area contributed by atoms with E-state index in [0.29, 0.717) is 43.3 Å². The van der Waals surface area contributed by atoms with Gasteiger partial charge in [-0.05, 0) is 75.2 Å². The second kappa shape index (κ2) is 14.0. The Kier molecular flexibility index (Phi) is 9.89. The summed E-state index contributed by atoms with van der Waals surface area (Å²) in [5.74, 6) is -0.322. The third kappa shape index (κ3) is 7.07. The molecule has 3 aromatic rings. The third-order valence-electron chi connectivity index (χ3n) is 7.57. The minimum absolute atomic E-state index is 0.0530. The number of ether oxygens (including phenoxy) is 1. The minimum Gasteiger partial charge on any atom is -0.504 e. The van der Waals surface area contributed by atoms with E-state index in [4.69, 9.17) is 21.3 Å². The van der Waals surface area contributed by atoms with Crippen molar-refractivity contribution in [3.8, 4) is 17.2 Å². The van der Waals surface area contributed by atoms with Gasteiger partial charge in [-0.15, -0.1) is 0 Å². The summed E-state index contributed by atoms with van der Waals surface area (Å²) >= 11 is 6.21. The molecular formula is C32H37ClN6O5. The van der Waals surface area contributed by atoms with Gasteiger partial charge < -0.3 is 30.5 Å². The van der Waals surface area contributed by atoms with Crippen molar-refractivity contribution in [2.45, 2.75) is 51.5 Å². The normalized spacial score (nSPS) is 18.9. The summed E-state index contributed by atoms with van der Waals surface area (Å²) in [4.78, 5) is 32.4. The fraction of sp³-hybridized carbons (Fsp3) is 0.344. The lowest BCUT2D eigenvalue weighted by molar-refractivity contribution is -0.121. The van der Waals surface area contributed by atoms with Crippen molar-refractivity contribution in [1.82, 2.24) is 21.5 Å². The van der Waals surface area contributed by atoms with Gasteiger partial charge in [0.15, 0.2) is 11.5 Å². The number of hydrogen-bond acceptors (Lipinski definition) is 9. The number of amides is 2. The van der Waals surface area contributed by atoms with Crippen LogP contribution in [0.1, 0.15) is 54.6 Å². The van der Waals surface area contributed by atoms with Crippen LogP contribution in [0.2, 0.25) is 5.02 Å². The first-order valence-corrected chi connectivity index (χ1v) is 15.1. The van der Waals surface area contributed by atoms with Crippen LogP contribution in [0, 0.1) is 0 Å². The number of rotatable bonds is 11. The number of halogens is 1. The van der Waals surface area contributed by atoms with Crippen molar-refractivity contribution in [2.75, 3.05) is 24.6 Å². The smallest absolute Gasteiger partial charge is 0.251 e. The van der Waals surface area contributed by atoms with Crippen LogP contribution >= 0.6 is 11.6 Å². The van der Waals surface area contributed by atoms with Crippen molar-refractivity contribution in [1.29, 1.82) is 0 Å². The number of hydrazine groups is 1. The van der Waals surface area contributed by atoms with Crippen LogP contribution in [-0.4, -0.2) is 65.8 Å². The molecular weight excluding hydrogens is 584 g/mol. The number of nitrogens with zero attached hydrogens (tertiary/aromatic N) is 2. The molecule has 11 nitrogen and oxygen atoms in total. The molecule has 2 heterocycles. The number of anilines is 1. The van der Waals surface area contributed by atoms with Crippen molar-refractivity contribution < 1.29 is 24.5 Å². The van der Waals surface area contributed by atoms with Gasteiger partial charge in [0.1, 0.15) is 11.9 Å². The third-order valence-corrected chi connectivity index (χ3v) is 7.82. The van der Waals surface area contributed by atoms with Crippen LogP contribution in [0.3, 0.4) is 0 Å². The van der Waals surface area contributed by atoms with E-state index in [-0.39, 0.29) is 53.7 Å². The SMILES string of the molecule is CCNC(=O)C[C@@H]1N=C(c2ccc(Cl)cc2)c2cc(OCCCCNC(=O)c3ccc(O)c(O)c3)ccc2N2C(C)NNC12. The molecule has 0 saturated carbocycles. The summed E-state index contributed by atoms with van der Waals surface area (Å²) in [6, 6.07) is 17.1. The maximum absolute atomic E-state index is 12.7. The van der Waals surface area contributed by atoms with Gasteiger partial charge in [-0.2, -0.15) is 0 Å². The maximum Gasteiger partial charge on any atom is 0.251 e. The number of phenols is 2. The van der Waals surface area contributed by atoms with Crippen LogP contribution in [0.4, 0.5) is 5.69 Å². The van der Waals surface area contributed by atoms with Gasteiger partial charge in [0.05, 0.1) is 30.9 Å². The van der Waals surface area contributed by atoms with E-state index in [1.54, 1.807) is 0 Å². The van der Waals surface area contributed by atoms with Crippen molar-refractivity contribution in [2.24, 2.45) is 4.99 Å². The quantitative estimate of drug-likeness (QED) is 0.141. The Balaban J connectivity index is 1.31. The first-order valence-electron chi connectivity index (χ1n) is 14.7. The lowest BCUT2D eigenvalue weighted by Gasteiger charge is -2.31. The number of fused-ring (bicyclic) bond motifs is 3. The molecule has 5 rings (SSSR count). The number of nitrogens with one attached hydrogen (secondary N) is 4. The zero-order chi connectivity index (χ0) is 31.2. The molecule has 1 saturated heterocycles. The van der Waals surface area contributed by atoms with Gasteiger partial charge in [0, 0.05) is 40.5 Å². The fourth-order valence-corrected chi connectivity index (χ4v) is 5.52. The van der Waals surface area contributed by atoms with Gasteiger partial charge in [-0.1, -0.05) is 23.7 Å². The van der Waals surface area contributed by atoms with Gasteiger partial charge >= 0.3 is 0 Å². The van der Waals surface area contributed by atoms with Gasteiger partial charge in [0.25, 0.3) is 5.91 Å². The number of carbonyl (C=O) groups is 2. The molecule has 3 aromatic carbocycles. The fourth-order valence-electron chi connectivity index (χ4n) is 5.39. The molecule has 6 N–H and O–H groups in total. The zero-order valence-corrected chi connectivity index (χ0v) is 25.4. The predicted octanol–water partition coefficient (Wildman–Crippen LogP) is 3.67. The predicted molar refractivity (Wildman–Crippen MR) is 169 cm³/mol. The highest BCUT2D eigenvalue weighted by Gasteiger charge is 2.40. The molecule has 3 atom stereocenters. The molecule has 0 radical (unpaired) electrons. The highest BCUT2D eigenvalue weighted by Crippen LogP contribution is 2.36. The Morgan fingerprint density at radius 3 is 2.55 bits per heavy atom. The molecule has 2 aliphatic rings. The zero-order valence-electron chi connectivity index (χ0n) is 24.6. The molecule has 44 heavy (non-hydrogen) atoms. The number of unbranched alkanes of at least 4 members (excludes halogenated alkanes) is 1. The number of aliphatic imine (C=N–C) groups is 1. The Labute approximate surface area is 261 Å². The Hall–Kier alpha value is -4.32. The Morgan fingerprint density at radius 1 is 1.00 bits per heavy atom. The largest absolute Gasteiger partial charge is 0.504 e. The molecule has 0 aromatic heterocycles. The molecule has 12 heteroatoms. The van der Waals surface area contributed by atoms with Gasteiger partial charge in [0.2, 0.25) is 5.91 Å². The van der Waals surface area contributed by atoms with Gasteiger partial charge in [-0.3, -0.25) is 14.6 Å². The molecule has 2 aliphatic heterocycles. The van der Waals surface area contributed by atoms with E-state index < -0.39 is 0 Å². The van der Waals surface area contributed by atoms with Crippen LogP contribution in [-0.2, 0) is 4.79 Å². The van der Waals surface area contributed by atoms with Gasteiger partial charge in [-0.25, -0.2) is 10.9 Å². The summed E-state index contributed by atoms with van der Waals surface area (Å²) in [5, 5.41) is 25.4. The average molecular weight is 621 g/mol. The van der Waals surface area contributed by atoms with Crippen molar-refractivity contribution in [3.63, 3.8) is 0 Å². The Bertz CT molecular complexity index is 1530. The highest BCUT2D eigenvalue weighted by atomic mass is 35.5. The van der Waals surface area contributed by atoms with Crippen LogP contribution in [0.15, 0.2) is 65.7 Å². The number of carbonyl (C=O) groups excluding carboxylic acids is 2. The van der Waals surface area contributed by atoms with E-state index in [1.807, 2.05) is 49.4 Å². The molecule has 0 aliphatic carbocycles. The van der Waals surface area contributed by atoms with E-state index in [1.165, 1.54) is 18.2 Å². The minimum atomic E-state index is -0.373. The maximum atomic E-state index is 12.7. The van der Waals surface area contributed by atoms with E-state index >= 15 is 0 Å². The topological polar surface area (TPSA) is 148 Å². The van der Waals surface area contributed by atoms with Crippen LogP contribution in [0.5, 0.6) is 17.2 Å². The molecule has 0 bridgehead atoms. The van der Waals surface area contributed by atoms with E-state index in [2.05, 4.69) is 33.3 Å². The summed E-state index contributed by atoms with van der Waals surface area (Å²) < 4.78 is 6.13. The molecule has 1 fully saturated rings. The lowest BCUT2D eigenvalue weighted by Crippen LogP contribution is -2.47. The second-order valence-corrected chi connectivity index (χ2v) is 11.2. The number of phenolic OH excluding ortho intramolecular Hbond substituents is 2. The van der Waals surface area contributed by atoms with Crippen molar-refractivity contribution in [3.05, 3.63) is 82.4 Å². The van der Waals surface area contributed by atoms with E-state index in [9.17, 15) is 19.8 Å². The van der Waals surface area contributed by atoms with E-state index in [0.717, 1.165) is 22.5 Å². The number of aromatic hydroxyl groups is 2. The summed E-state index contributed by atoms with van der Waals surface area (Å²) in [7, 11) is 0. The van der Waals surface area contributed by atoms with Crippen molar-refractivity contribution >= 4 is 34.8 Å². The molecule has 2 unspecified atom stereocenters. The summed E-state index contributed by atoms with van der Waals surface area (Å²) in [5.41, 5.74) is 10.4. The standard InChI is InChI=1S/C32H37ClN6O5/c1-3-34-29(42)18-25-31-38-37-19(2)39(31)26-12-11-23(17-24(26)30(36-25)20-6-9-22(33)10-7-20)44-15-5-4-14-35-32(43)21-8-13-27(40)28(41)16-21/h6-13,16-17,19,25,31,37-38,40-41H,3-5,14-15,18H2,1-2H3,(H,34,42)(H,35,43)/t19?,25-,31?/m0/s1. The second-order valence-electron chi connectivity index (χ2n) is 10.7. The molecule has 232 valence electrons. The number of hydrogen-bond donors (Lipinski definition) is 6. The highest BCUT2D eigenvalue weighted by molar-refractivity contribution is 6.30. The summed E-state index contributed by atoms with van der Waals surface area (Å²) in [6.45, 7) is 5.37. The number of benzene rings is 3. The molecule has 0 spiro atoms. The Morgan fingerprint density at radius 2 is 1.80 bits per heavy atom. The lowest BCUT2D eigenvalue weighted by atomic mass is 9.99. The first-order chi connectivity index (χ1) is 21.2. The van der Waals surface area contributed by atoms with Crippen LogP contribution < -0.4 is 31.1 Å². The molecule has 2 amide bonds. The summed E-state index contributed by atoms with van der Waals surface area (Å²) in [6.07, 6.45) is 1.30. The first kappa shape index (κ1) is 31.1. The van der Waals surface area contributed by atoms with Crippen LogP contribution in [0.25, 0.3) is 0 Å². The average Bonchev–Trinajstić information content (AvgIpc) is 3.33.